The first-order chi connectivity index (χ1) is 10.1. The summed E-state index contributed by atoms with van der Waals surface area (Å²) in [6.07, 6.45) is 3.16. The van der Waals surface area contributed by atoms with Gasteiger partial charge in [-0.05, 0) is 38.1 Å². The van der Waals surface area contributed by atoms with Gasteiger partial charge in [-0.15, -0.1) is 24.0 Å². The highest BCUT2D eigenvalue weighted by Crippen LogP contribution is 2.19. The minimum atomic E-state index is -1.11. The number of aliphatic imine (C=N–C) groups is 1. The van der Waals surface area contributed by atoms with E-state index >= 15 is 0 Å². The number of rotatable bonds is 6. The first-order valence-electron chi connectivity index (χ1n) is 6.93. The highest BCUT2D eigenvalue weighted by Gasteiger charge is 2.26. The third-order valence-corrected chi connectivity index (χ3v) is 2.97. The van der Waals surface area contributed by atoms with Gasteiger partial charge in [-0.1, -0.05) is 0 Å². The Morgan fingerprint density at radius 1 is 1.23 bits per heavy atom. The van der Waals surface area contributed by atoms with Gasteiger partial charge in [0, 0.05) is 6.54 Å². The molecular weight excluding hydrogens is 397 g/mol. The van der Waals surface area contributed by atoms with E-state index in [-0.39, 0.29) is 30.5 Å². The molecule has 7 heteroatoms. The van der Waals surface area contributed by atoms with Gasteiger partial charge in [0.1, 0.15) is 23.7 Å². The van der Waals surface area contributed by atoms with Crippen LogP contribution >= 0.6 is 24.0 Å². The van der Waals surface area contributed by atoms with E-state index in [9.17, 15) is 5.11 Å². The van der Waals surface area contributed by atoms with Crippen LogP contribution in [0.25, 0.3) is 0 Å². The molecule has 0 bridgehead atoms. The monoisotopic (exact) mass is 419 g/mol. The van der Waals surface area contributed by atoms with Crippen molar-refractivity contribution in [2.45, 2.75) is 26.0 Å². The van der Waals surface area contributed by atoms with Gasteiger partial charge in [0.25, 0.3) is 0 Å². The minimum absolute atomic E-state index is 0. The summed E-state index contributed by atoms with van der Waals surface area (Å²) in [6.45, 7) is 5.12. The van der Waals surface area contributed by atoms with Crippen LogP contribution in [0.1, 0.15) is 25.4 Å². The molecule has 0 radical (unpaired) electrons. The summed E-state index contributed by atoms with van der Waals surface area (Å²) in [4.78, 5) is 4.40. The second-order valence-corrected chi connectivity index (χ2v) is 4.88. The van der Waals surface area contributed by atoms with Crippen LogP contribution in [0, 0.1) is 0 Å². The maximum absolute atomic E-state index is 10.4. The Labute approximate surface area is 147 Å². The van der Waals surface area contributed by atoms with E-state index in [2.05, 4.69) is 15.6 Å². The number of halogens is 1. The molecule has 0 aliphatic heterocycles. The first-order valence-corrected chi connectivity index (χ1v) is 6.93. The van der Waals surface area contributed by atoms with E-state index in [1.807, 2.05) is 19.1 Å². The molecule has 0 aliphatic carbocycles. The lowest BCUT2D eigenvalue weighted by atomic mass is 10.0. The zero-order chi connectivity index (χ0) is 15.1. The van der Waals surface area contributed by atoms with Gasteiger partial charge in [0.15, 0.2) is 5.96 Å². The summed E-state index contributed by atoms with van der Waals surface area (Å²) in [5, 5.41) is 16.6. The van der Waals surface area contributed by atoms with Gasteiger partial charge in [0.05, 0.1) is 19.1 Å². The molecule has 0 amide bonds. The molecule has 6 nitrogen and oxygen atoms in total. The average Bonchev–Trinajstić information content (AvgIpc) is 3.14. The fourth-order valence-electron chi connectivity index (χ4n) is 1.83. The molecule has 1 atom stereocenters. The molecule has 2 heterocycles. The van der Waals surface area contributed by atoms with E-state index in [1.165, 1.54) is 0 Å². The number of nitrogens with one attached hydrogen (secondary N) is 2. The van der Waals surface area contributed by atoms with Crippen molar-refractivity contribution in [3.05, 3.63) is 48.3 Å². The Bertz CT molecular complexity index is 551. The normalized spacial score (nSPS) is 14.0. The topological polar surface area (TPSA) is 82.9 Å². The largest absolute Gasteiger partial charge is 0.467 e. The summed E-state index contributed by atoms with van der Waals surface area (Å²) < 4.78 is 10.5. The standard InChI is InChI=1S/C15H21N3O3.HI/c1-3-16-14(17-10-12-6-4-8-20-12)18-11-15(2,19)13-7-5-9-21-13;/h4-9,19H,3,10-11H2,1-2H3,(H2,16,17,18);1H. The lowest BCUT2D eigenvalue weighted by molar-refractivity contribution is 0.0386. The molecule has 1 unspecified atom stereocenters. The van der Waals surface area contributed by atoms with Crippen molar-refractivity contribution in [1.82, 2.24) is 10.6 Å². The molecule has 3 N–H and O–H groups in total. The summed E-state index contributed by atoms with van der Waals surface area (Å²) in [5.41, 5.74) is -1.11. The average molecular weight is 419 g/mol. The predicted molar refractivity (Wildman–Crippen MR) is 95.2 cm³/mol. The molecule has 0 fully saturated rings. The Balaban J connectivity index is 0.00000242. The lowest BCUT2D eigenvalue weighted by Crippen LogP contribution is -2.44. The maximum Gasteiger partial charge on any atom is 0.191 e. The molecule has 2 rings (SSSR count). The quantitative estimate of drug-likeness (QED) is 0.381. The van der Waals surface area contributed by atoms with Crippen LogP contribution in [0.2, 0.25) is 0 Å². The van der Waals surface area contributed by atoms with Crippen molar-refractivity contribution in [1.29, 1.82) is 0 Å². The molecule has 2 aromatic heterocycles. The Morgan fingerprint density at radius 3 is 2.55 bits per heavy atom. The molecular formula is C15H22IN3O3. The summed E-state index contributed by atoms with van der Waals surface area (Å²) in [7, 11) is 0. The first kappa shape index (κ1) is 18.6. The summed E-state index contributed by atoms with van der Waals surface area (Å²) >= 11 is 0. The predicted octanol–water partition coefficient (Wildman–Crippen LogP) is 2.45. The molecule has 0 aromatic carbocycles. The van der Waals surface area contributed by atoms with Crippen molar-refractivity contribution in [2.75, 3.05) is 13.1 Å². The van der Waals surface area contributed by atoms with Gasteiger partial charge in [0.2, 0.25) is 0 Å². The van der Waals surface area contributed by atoms with Crippen LogP contribution in [-0.4, -0.2) is 24.2 Å². The molecule has 0 saturated heterocycles. The molecule has 0 aliphatic rings. The molecule has 122 valence electrons. The number of aliphatic hydroxyl groups is 1. The third kappa shape index (κ3) is 5.38. The Hall–Kier alpha value is -1.48. The van der Waals surface area contributed by atoms with Crippen LogP contribution in [0.5, 0.6) is 0 Å². The van der Waals surface area contributed by atoms with Crippen LogP contribution in [0.3, 0.4) is 0 Å². The van der Waals surface area contributed by atoms with E-state index in [0.29, 0.717) is 18.3 Å². The Morgan fingerprint density at radius 2 is 1.95 bits per heavy atom. The van der Waals surface area contributed by atoms with Crippen LogP contribution in [0.15, 0.2) is 50.6 Å². The summed E-state index contributed by atoms with van der Waals surface area (Å²) in [5.74, 6) is 1.91. The zero-order valence-electron chi connectivity index (χ0n) is 12.7. The number of hydrogen-bond acceptors (Lipinski definition) is 4. The number of hydrogen-bond donors (Lipinski definition) is 3. The van der Waals surface area contributed by atoms with Gasteiger partial charge in [-0.3, -0.25) is 0 Å². The number of guanidine groups is 1. The van der Waals surface area contributed by atoms with Crippen LogP contribution < -0.4 is 10.6 Å². The highest BCUT2D eigenvalue weighted by molar-refractivity contribution is 14.0. The highest BCUT2D eigenvalue weighted by atomic mass is 127. The van der Waals surface area contributed by atoms with Crippen molar-refractivity contribution in [3.8, 4) is 0 Å². The second-order valence-electron chi connectivity index (χ2n) is 4.88. The van der Waals surface area contributed by atoms with Crippen molar-refractivity contribution in [2.24, 2.45) is 4.99 Å². The van der Waals surface area contributed by atoms with Gasteiger partial charge < -0.3 is 24.6 Å². The van der Waals surface area contributed by atoms with Crippen molar-refractivity contribution >= 4 is 29.9 Å². The van der Waals surface area contributed by atoms with Gasteiger partial charge in [-0.2, -0.15) is 0 Å². The molecule has 0 saturated carbocycles. The van der Waals surface area contributed by atoms with Crippen LogP contribution in [0.4, 0.5) is 0 Å². The van der Waals surface area contributed by atoms with Gasteiger partial charge >= 0.3 is 0 Å². The van der Waals surface area contributed by atoms with E-state index < -0.39 is 5.60 Å². The van der Waals surface area contributed by atoms with E-state index in [4.69, 9.17) is 8.83 Å². The third-order valence-electron chi connectivity index (χ3n) is 2.97. The van der Waals surface area contributed by atoms with Gasteiger partial charge in [-0.25, -0.2) is 4.99 Å². The summed E-state index contributed by atoms with van der Waals surface area (Å²) in [6, 6.07) is 7.19. The molecule has 22 heavy (non-hydrogen) atoms. The van der Waals surface area contributed by atoms with Crippen molar-refractivity contribution in [3.63, 3.8) is 0 Å². The van der Waals surface area contributed by atoms with E-state index in [0.717, 1.165) is 12.3 Å². The fraction of sp³-hybridized carbons (Fsp3) is 0.400. The smallest absolute Gasteiger partial charge is 0.191 e. The minimum Gasteiger partial charge on any atom is -0.467 e. The molecule has 0 spiro atoms. The van der Waals surface area contributed by atoms with Crippen molar-refractivity contribution < 1.29 is 13.9 Å². The van der Waals surface area contributed by atoms with E-state index in [1.54, 1.807) is 31.6 Å². The fourth-order valence-corrected chi connectivity index (χ4v) is 1.83. The zero-order valence-corrected chi connectivity index (χ0v) is 15.0. The SMILES string of the molecule is CCNC(=NCc1ccco1)NCC(C)(O)c1ccco1.I. The number of nitrogens with zero attached hydrogens (tertiary/aromatic N) is 1. The second kappa shape index (κ2) is 8.84. The molecule has 2 aromatic rings. The Kier molecular flexibility index (Phi) is 7.46. The maximum atomic E-state index is 10.4. The van der Waals surface area contributed by atoms with Crippen LogP contribution in [-0.2, 0) is 12.1 Å². The number of furan rings is 2. The lowest BCUT2D eigenvalue weighted by Gasteiger charge is -2.22.